The lowest BCUT2D eigenvalue weighted by atomic mass is 10.1. The molecule has 0 spiro atoms. The number of ether oxygens (including phenoxy) is 1. The zero-order valence-corrected chi connectivity index (χ0v) is 8.91. The second-order valence-corrected chi connectivity index (χ2v) is 3.83. The topological polar surface area (TPSA) is 55.6 Å². The first-order valence-corrected chi connectivity index (χ1v) is 5.30. The summed E-state index contributed by atoms with van der Waals surface area (Å²) in [7, 11) is 0. The van der Waals surface area contributed by atoms with Gasteiger partial charge >= 0.3 is 0 Å². The largest absolute Gasteiger partial charge is 0.374 e. The Kier molecular flexibility index (Phi) is 3.36. The van der Waals surface area contributed by atoms with Crippen LogP contribution in [0.2, 0.25) is 0 Å². The van der Waals surface area contributed by atoms with Gasteiger partial charge in [-0.1, -0.05) is 30.3 Å². The molecule has 5 heteroatoms. The first-order valence-electron chi connectivity index (χ1n) is 5.30. The van der Waals surface area contributed by atoms with Crippen LogP contribution in [-0.4, -0.2) is 35.8 Å². The minimum Gasteiger partial charge on any atom is -0.374 e. The van der Waals surface area contributed by atoms with Crippen molar-refractivity contribution < 1.29 is 9.77 Å². The van der Waals surface area contributed by atoms with E-state index in [1.54, 1.807) is 0 Å². The van der Waals surface area contributed by atoms with E-state index in [1.807, 2.05) is 30.3 Å². The van der Waals surface area contributed by atoms with Gasteiger partial charge in [-0.2, -0.15) is 0 Å². The van der Waals surface area contributed by atoms with Gasteiger partial charge in [0.25, 0.3) is 0 Å². The maximum Gasteiger partial charge on any atom is 0.160 e. The molecule has 0 aliphatic carbocycles. The fourth-order valence-electron chi connectivity index (χ4n) is 1.85. The lowest BCUT2D eigenvalue weighted by molar-refractivity contribution is -0.661. The van der Waals surface area contributed by atoms with Crippen molar-refractivity contribution >= 4 is 0 Å². The molecule has 1 aromatic rings. The Morgan fingerprint density at radius 1 is 1.44 bits per heavy atom. The predicted octanol–water partition coefficient (Wildman–Crippen LogP) is 1.12. The number of morpholine rings is 1. The highest BCUT2D eigenvalue weighted by atomic mass is 16.7. The molecule has 1 aliphatic heterocycles. The van der Waals surface area contributed by atoms with Gasteiger partial charge in [0.2, 0.25) is 0 Å². The number of rotatable bonds is 3. The lowest BCUT2D eigenvalue weighted by Gasteiger charge is -2.27. The average Bonchev–Trinajstić information content (AvgIpc) is 2.30. The van der Waals surface area contributed by atoms with Crippen molar-refractivity contribution in [3.05, 3.63) is 46.0 Å². The Morgan fingerprint density at radius 3 is 2.88 bits per heavy atom. The molecule has 0 amide bonds. The summed E-state index contributed by atoms with van der Waals surface area (Å²) in [6, 6.07) is 9.89. The SMILES string of the molecule is O=[N+]([O-])N1CCOC(Cc2ccccc2)C1. The normalized spacial score (nSPS) is 20.8. The summed E-state index contributed by atoms with van der Waals surface area (Å²) in [5, 5.41) is 11.5. The monoisotopic (exact) mass is 222 g/mol. The molecule has 5 nitrogen and oxygen atoms in total. The molecule has 86 valence electrons. The Labute approximate surface area is 93.7 Å². The van der Waals surface area contributed by atoms with Gasteiger partial charge in [0.1, 0.15) is 13.1 Å². The molecule has 1 saturated heterocycles. The highest BCUT2D eigenvalue weighted by molar-refractivity contribution is 5.15. The standard InChI is InChI=1S/C11H14N2O3/c14-13(15)12-6-7-16-11(9-12)8-10-4-2-1-3-5-10/h1-5,11H,6-9H2. The van der Waals surface area contributed by atoms with Crippen LogP contribution in [0.3, 0.4) is 0 Å². The minimum atomic E-state index is -0.347. The molecule has 1 unspecified atom stereocenters. The summed E-state index contributed by atoms with van der Waals surface area (Å²) in [5.41, 5.74) is 1.15. The molecule has 1 atom stereocenters. The number of hydrazine groups is 1. The van der Waals surface area contributed by atoms with Crippen LogP contribution >= 0.6 is 0 Å². The molecule has 0 N–H and O–H groups in total. The maximum atomic E-state index is 10.6. The molecule has 0 aromatic heterocycles. The van der Waals surface area contributed by atoms with Crippen LogP contribution in [0.1, 0.15) is 5.56 Å². The highest BCUT2D eigenvalue weighted by Crippen LogP contribution is 2.11. The number of nitro groups is 1. The molecule has 1 aromatic carbocycles. The second-order valence-electron chi connectivity index (χ2n) is 3.83. The Hall–Kier alpha value is -1.62. The molecular formula is C11H14N2O3. The molecule has 1 fully saturated rings. The first kappa shape index (κ1) is 10.9. The van der Waals surface area contributed by atoms with Gasteiger partial charge in [-0.25, -0.2) is 10.1 Å². The van der Waals surface area contributed by atoms with Gasteiger partial charge in [0.15, 0.2) is 5.03 Å². The van der Waals surface area contributed by atoms with Gasteiger partial charge in [-0.3, -0.25) is 0 Å². The average molecular weight is 222 g/mol. The van der Waals surface area contributed by atoms with Crippen LogP contribution in [0.15, 0.2) is 30.3 Å². The summed E-state index contributed by atoms with van der Waals surface area (Å²) >= 11 is 0. The van der Waals surface area contributed by atoms with Crippen molar-refractivity contribution in [1.82, 2.24) is 5.01 Å². The number of hydrogen-bond donors (Lipinski definition) is 0. The first-order chi connectivity index (χ1) is 7.75. The van der Waals surface area contributed by atoms with Gasteiger partial charge in [0, 0.05) is 6.42 Å². The smallest absolute Gasteiger partial charge is 0.160 e. The van der Waals surface area contributed by atoms with Gasteiger partial charge in [0.05, 0.1) is 12.7 Å². The molecule has 0 saturated carbocycles. The third kappa shape index (κ3) is 2.70. The van der Waals surface area contributed by atoms with E-state index in [0.717, 1.165) is 12.0 Å². The van der Waals surface area contributed by atoms with Crippen LogP contribution in [0.4, 0.5) is 0 Å². The van der Waals surface area contributed by atoms with Crippen molar-refractivity contribution in [2.75, 3.05) is 19.7 Å². The zero-order chi connectivity index (χ0) is 11.4. The van der Waals surface area contributed by atoms with Crippen LogP contribution in [0, 0.1) is 10.1 Å². The van der Waals surface area contributed by atoms with Crippen LogP contribution in [0.5, 0.6) is 0 Å². The Balaban J connectivity index is 1.93. The third-order valence-corrected chi connectivity index (χ3v) is 2.65. The van der Waals surface area contributed by atoms with Crippen molar-refractivity contribution in [1.29, 1.82) is 0 Å². The maximum absolute atomic E-state index is 10.6. The van der Waals surface area contributed by atoms with Crippen molar-refractivity contribution in [2.45, 2.75) is 12.5 Å². The predicted molar refractivity (Wildman–Crippen MR) is 58.5 cm³/mol. The molecule has 0 bridgehead atoms. The van der Waals surface area contributed by atoms with Crippen LogP contribution in [0.25, 0.3) is 0 Å². The molecule has 0 radical (unpaired) electrons. The van der Waals surface area contributed by atoms with E-state index in [2.05, 4.69) is 0 Å². The summed E-state index contributed by atoms with van der Waals surface area (Å²) in [4.78, 5) is 10.6. The quantitative estimate of drug-likeness (QED) is 0.568. The zero-order valence-electron chi connectivity index (χ0n) is 8.91. The van der Waals surface area contributed by atoms with E-state index >= 15 is 0 Å². The molecule has 1 heterocycles. The Bertz CT molecular complexity index is 356. The molecule has 2 rings (SSSR count). The van der Waals surface area contributed by atoms with E-state index in [1.165, 1.54) is 5.01 Å². The summed E-state index contributed by atoms with van der Waals surface area (Å²) in [6.07, 6.45) is 0.645. The van der Waals surface area contributed by atoms with E-state index in [4.69, 9.17) is 4.74 Å². The fourth-order valence-corrected chi connectivity index (χ4v) is 1.85. The van der Waals surface area contributed by atoms with E-state index in [9.17, 15) is 10.1 Å². The summed E-state index contributed by atoms with van der Waals surface area (Å²) < 4.78 is 5.52. The lowest BCUT2D eigenvalue weighted by Crippen LogP contribution is -2.46. The van der Waals surface area contributed by atoms with Crippen molar-refractivity contribution in [2.24, 2.45) is 0 Å². The highest BCUT2D eigenvalue weighted by Gasteiger charge is 2.26. The Morgan fingerprint density at radius 2 is 2.19 bits per heavy atom. The molecular weight excluding hydrogens is 208 g/mol. The van der Waals surface area contributed by atoms with Gasteiger partial charge in [-0.05, 0) is 5.56 Å². The van der Waals surface area contributed by atoms with Crippen molar-refractivity contribution in [3.8, 4) is 0 Å². The third-order valence-electron chi connectivity index (χ3n) is 2.65. The molecule has 1 aliphatic rings. The minimum absolute atomic E-state index is 0.0819. The van der Waals surface area contributed by atoms with E-state index in [-0.39, 0.29) is 11.1 Å². The van der Waals surface area contributed by atoms with E-state index in [0.29, 0.717) is 19.7 Å². The van der Waals surface area contributed by atoms with Gasteiger partial charge in [-0.15, -0.1) is 5.01 Å². The number of benzene rings is 1. The number of nitrogens with zero attached hydrogens (tertiary/aromatic N) is 2. The molecule has 16 heavy (non-hydrogen) atoms. The van der Waals surface area contributed by atoms with E-state index < -0.39 is 0 Å². The fraction of sp³-hybridized carbons (Fsp3) is 0.455. The summed E-state index contributed by atoms with van der Waals surface area (Å²) in [6.45, 7) is 1.17. The van der Waals surface area contributed by atoms with Crippen LogP contribution < -0.4 is 0 Å². The van der Waals surface area contributed by atoms with Gasteiger partial charge < -0.3 is 4.74 Å². The second kappa shape index (κ2) is 4.94. The number of hydrogen-bond acceptors (Lipinski definition) is 3. The van der Waals surface area contributed by atoms with Crippen molar-refractivity contribution in [3.63, 3.8) is 0 Å². The summed E-state index contributed by atoms with van der Waals surface area (Å²) in [5.74, 6) is 0. The van der Waals surface area contributed by atoms with Crippen LogP contribution in [-0.2, 0) is 11.2 Å².